The summed E-state index contributed by atoms with van der Waals surface area (Å²) in [6.45, 7) is 0.690. The standard InChI is InChI=1S/C23H19ClN4OS/c24-19-11-5-4-10-18(19)14-25-27-22(29)16-30-23-26-20-12-6-7-13-21(20)28(23)15-17-8-2-1-3-9-17/h1-14H,15-16H2,(H,27,29)/b25-14+. The van der Waals surface area contributed by atoms with Crippen LogP contribution in [0.1, 0.15) is 11.1 Å². The van der Waals surface area contributed by atoms with E-state index < -0.39 is 0 Å². The number of thioether (sulfide) groups is 1. The van der Waals surface area contributed by atoms with Crippen LogP contribution in [0.5, 0.6) is 0 Å². The number of nitrogens with one attached hydrogen (secondary N) is 1. The van der Waals surface area contributed by atoms with Crippen LogP contribution in [0.25, 0.3) is 11.0 Å². The number of carbonyl (C=O) groups is 1. The summed E-state index contributed by atoms with van der Waals surface area (Å²) in [6, 6.07) is 25.5. The number of hydrazone groups is 1. The van der Waals surface area contributed by atoms with Crippen LogP contribution in [0.3, 0.4) is 0 Å². The Kier molecular flexibility index (Phi) is 6.47. The van der Waals surface area contributed by atoms with E-state index in [0.29, 0.717) is 11.6 Å². The average molecular weight is 435 g/mol. The van der Waals surface area contributed by atoms with Gasteiger partial charge >= 0.3 is 0 Å². The number of nitrogens with zero attached hydrogens (tertiary/aromatic N) is 3. The van der Waals surface area contributed by atoms with Crippen molar-refractivity contribution in [3.05, 3.63) is 95.0 Å². The van der Waals surface area contributed by atoms with Crippen LogP contribution in [-0.4, -0.2) is 27.4 Å². The highest BCUT2D eigenvalue weighted by Crippen LogP contribution is 2.25. The molecule has 0 bridgehead atoms. The Morgan fingerprint density at radius 3 is 2.60 bits per heavy atom. The Bertz CT molecular complexity index is 1190. The topological polar surface area (TPSA) is 59.3 Å². The zero-order chi connectivity index (χ0) is 20.8. The van der Waals surface area contributed by atoms with E-state index in [1.54, 1.807) is 6.07 Å². The first-order valence-corrected chi connectivity index (χ1v) is 10.8. The van der Waals surface area contributed by atoms with Gasteiger partial charge in [0.15, 0.2) is 5.16 Å². The number of hydrogen-bond donors (Lipinski definition) is 1. The predicted octanol–water partition coefficient (Wildman–Crippen LogP) is 4.98. The second kappa shape index (κ2) is 9.61. The number of aromatic nitrogens is 2. The quantitative estimate of drug-likeness (QED) is 0.253. The normalized spacial score (nSPS) is 11.2. The van der Waals surface area contributed by atoms with Gasteiger partial charge < -0.3 is 4.57 Å². The maximum absolute atomic E-state index is 12.3. The van der Waals surface area contributed by atoms with E-state index in [0.717, 1.165) is 21.8 Å². The summed E-state index contributed by atoms with van der Waals surface area (Å²) in [4.78, 5) is 17.0. The lowest BCUT2D eigenvalue weighted by Gasteiger charge is -2.09. The van der Waals surface area contributed by atoms with Crippen LogP contribution in [0.15, 0.2) is 89.1 Å². The van der Waals surface area contributed by atoms with Gasteiger partial charge in [0.1, 0.15) is 0 Å². The first-order valence-electron chi connectivity index (χ1n) is 9.39. The van der Waals surface area contributed by atoms with Crippen molar-refractivity contribution in [2.24, 2.45) is 5.10 Å². The predicted molar refractivity (Wildman–Crippen MR) is 123 cm³/mol. The Morgan fingerprint density at radius 1 is 1.03 bits per heavy atom. The molecule has 0 saturated heterocycles. The molecule has 1 aromatic heterocycles. The number of rotatable bonds is 7. The van der Waals surface area contributed by atoms with Crippen LogP contribution >= 0.6 is 23.4 Å². The van der Waals surface area contributed by atoms with Crippen molar-refractivity contribution >= 4 is 46.5 Å². The lowest BCUT2D eigenvalue weighted by molar-refractivity contribution is -0.118. The molecule has 0 saturated carbocycles. The van der Waals surface area contributed by atoms with Crippen LogP contribution in [0.2, 0.25) is 5.02 Å². The molecule has 4 aromatic rings. The summed E-state index contributed by atoms with van der Waals surface area (Å²) < 4.78 is 2.13. The molecule has 0 unspecified atom stereocenters. The fourth-order valence-electron chi connectivity index (χ4n) is 3.00. The van der Waals surface area contributed by atoms with Crippen molar-refractivity contribution in [1.29, 1.82) is 0 Å². The minimum absolute atomic E-state index is 0.206. The number of para-hydroxylation sites is 2. The van der Waals surface area contributed by atoms with Gasteiger partial charge in [0, 0.05) is 10.6 Å². The van der Waals surface area contributed by atoms with E-state index in [1.807, 2.05) is 60.7 Å². The molecule has 0 aliphatic rings. The number of benzene rings is 3. The Balaban J connectivity index is 1.45. The zero-order valence-corrected chi connectivity index (χ0v) is 17.6. The first kappa shape index (κ1) is 20.2. The third-order valence-corrected chi connectivity index (χ3v) is 5.75. The Morgan fingerprint density at radius 2 is 1.77 bits per heavy atom. The van der Waals surface area contributed by atoms with Crippen LogP contribution < -0.4 is 5.43 Å². The van der Waals surface area contributed by atoms with Crippen LogP contribution in [0.4, 0.5) is 0 Å². The third kappa shape index (κ3) is 4.90. The molecule has 0 spiro atoms. The van der Waals surface area contributed by atoms with E-state index in [9.17, 15) is 4.79 Å². The molecule has 7 heteroatoms. The Hall–Kier alpha value is -3.09. The first-order chi connectivity index (χ1) is 14.7. The van der Waals surface area contributed by atoms with Gasteiger partial charge in [-0.2, -0.15) is 5.10 Å². The average Bonchev–Trinajstić information content (AvgIpc) is 3.12. The van der Waals surface area contributed by atoms with Crippen molar-refractivity contribution in [3.63, 3.8) is 0 Å². The fourth-order valence-corrected chi connectivity index (χ4v) is 3.99. The smallest absolute Gasteiger partial charge is 0.250 e. The molecule has 0 aliphatic heterocycles. The molecular formula is C23H19ClN4OS. The lowest BCUT2D eigenvalue weighted by atomic mass is 10.2. The van der Waals surface area contributed by atoms with Gasteiger partial charge in [0.05, 0.1) is 29.5 Å². The summed E-state index contributed by atoms with van der Waals surface area (Å²) in [5.41, 5.74) is 6.42. The van der Waals surface area contributed by atoms with Gasteiger partial charge in [-0.1, -0.05) is 84.0 Å². The highest BCUT2D eigenvalue weighted by atomic mass is 35.5. The summed E-state index contributed by atoms with van der Waals surface area (Å²) >= 11 is 7.47. The monoisotopic (exact) mass is 434 g/mol. The van der Waals surface area contributed by atoms with Gasteiger partial charge in [-0.15, -0.1) is 0 Å². The molecule has 0 aliphatic carbocycles. The molecule has 5 nitrogen and oxygen atoms in total. The van der Waals surface area contributed by atoms with Crippen molar-refractivity contribution in [3.8, 4) is 0 Å². The second-order valence-corrected chi connectivity index (χ2v) is 7.91. The second-order valence-electron chi connectivity index (χ2n) is 6.56. The number of carbonyl (C=O) groups excluding carboxylic acids is 1. The van der Waals surface area contributed by atoms with Crippen LogP contribution in [0, 0.1) is 0 Å². The van der Waals surface area contributed by atoms with E-state index in [-0.39, 0.29) is 11.7 Å². The number of fused-ring (bicyclic) bond motifs is 1. The van der Waals surface area contributed by atoms with Crippen molar-refractivity contribution in [2.45, 2.75) is 11.7 Å². The highest BCUT2D eigenvalue weighted by Gasteiger charge is 2.13. The number of amides is 1. The van der Waals surface area contributed by atoms with E-state index in [4.69, 9.17) is 16.6 Å². The minimum Gasteiger partial charge on any atom is -0.314 e. The fraction of sp³-hybridized carbons (Fsp3) is 0.0870. The molecule has 150 valence electrons. The third-order valence-electron chi connectivity index (χ3n) is 4.43. The number of imidazole rings is 1. The summed E-state index contributed by atoms with van der Waals surface area (Å²) in [6.07, 6.45) is 1.54. The van der Waals surface area contributed by atoms with Gasteiger partial charge in [-0.3, -0.25) is 4.79 Å². The number of halogens is 1. The minimum atomic E-state index is -0.207. The van der Waals surface area contributed by atoms with Crippen molar-refractivity contribution in [1.82, 2.24) is 15.0 Å². The molecule has 0 fully saturated rings. The molecule has 4 rings (SSSR count). The molecule has 30 heavy (non-hydrogen) atoms. The van der Waals surface area contributed by atoms with Crippen molar-refractivity contribution in [2.75, 3.05) is 5.75 Å². The summed E-state index contributed by atoms with van der Waals surface area (Å²) in [5.74, 6) is -0.000510. The van der Waals surface area contributed by atoms with E-state index >= 15 is 0 Å². The largest absolute Gasteiger partial charge is 0.314 e. The summed E-state index contributed by atoms with van der Waals surface area (Å²) in [5, 5.41) is 5.38. The van der Waals surface area contributed by atoms with Gasteiger partial charge in [-0.05, 0) is 23.8 Å². The maximum Gasteiger partial charge on any atom is 0.250 e. The van der Waals surface area contributed by atoms with Gasteiger partial charge in [-0.25, -0.2) is 10.4 Å². The molecule has 1 N–H and O–H groups in total. The van der Waals surface area contributed by atoms with E-state index in [2.05, 4.69) is 27.2 Å². The summed E-state index contributed by atoms with van der Waals surface area (Å²) in [7, 11) is 0. The van der Waals surface area contributed by atoms with Crippen molar-refractivity contribution < 1.29 is 4.79 Å². The van der Waals surface area contributed by atoms with Gasteiger partial charge in [0.2, 0.25) is 0 Å². The van der Waals surface area contributed by atoms with Crippen LogP contribution in [-0.2, 0) is 11.3 Å². The molecule has 0 radical (unpaired) electrons. The highest BCUT2D eigenvalue weighted by molar-refractivity contribution is 7.99. The number of hydrogen-bond acceptors (Lipinski definition) is 4. The maximum atomic E-state index is 12.3. The molecule has 0 atom stereocenters. The molecular weight excluding hydrogens is 416 g/mol. The van der Waals surface area contributed by atoms with E-state index in [1.165, 1.54) is 23.5 Å². The SMILES string of the molecule is O=C(CSc1nc2ccccc2n1Cc1ccccc1)N/N=C/c1ccccc1Cl. The zero-order valence-electron chi connectivity index (χ0n) is 16.0. The lowest BCUT2D eigenvalue weighted by Crippen LogP contribution is -2.20. The molecule has 1 heterocycles. The molecule has 3 aromatic carbocycles. The molecule has 1 amide bonds. The van der Waals surface area contributed by atoms with Gasteiger partial charge in [0.25, 0.3) is 5.91 Å². The Labute approximate surface area is 183 Å².